The van der Waals surface area contributed by atoms with Gasteiger partial charge < -0.3 is 31.3 Å². The van der Waals surface area contributed by atoms with Crippen LogP contribution in [0, 0.1) is 5.92 Å². The number of nitrogens with two attached hydrogens (primary N) is 1. The van der Waals surface area contributed by atoms with Crippen LogP contribution in [0.4, 0.5) is 5.69 Å². The van der Waals surface area contributed by atoms with Gasteiger partial charge in [0.25, 0.3) is 0 Å². The van der Waals surface area contributed by atoms with Crippen molar-refractivity contribution >= 4 is 57.7 Å². The number of thioether (sulfide) groups is 1. The molecule has 1 aliphatic rings. The first-order valence-corrected chi connectivity index (χ1v) is 15.2. The van der Waals surface area contributed by atoms with Crippen LogP contribution in [0.25, 0.3) is 10.8 Å². The molecule has 0 aliphatic carbocycles. The summed E-state index contributed by atoms with van der Waals surface area (Å²) in [6, 6.07) is 7.68. The Morgan fingerprint density at radius 2 is 1.71 bits per heavy atom. The molecular formula is C30H41N5O6S. The number of hydrogen-bond acceptors (Lipinski definition) is 8. The Balaban J connectivity index is 1.60. The molecule has 0 spiro atoms. The number of hydrogen-bond donors (Lipinski definition) is 4. The largest absolute Gasteiger partial charge is 0.480 e. The standard InChI is InChI=1S/C30H41N5O6S/c1-17(2)26(33-27(37)18(3)31)29(39)35-12-6-7-24(35)28(38)32-23(30(40)41)15-42-16-25(36)21-9-8-20-14-22(34(4)5)11-10-19(20)13-21/h8-11,13-14,17-18,23-24,26H,6-7,12,15-16,31H2,1-5H3,(H,32,38)(H,33,37)(H,40,41)/t18-,23-,24-,26-/m0/s1. The van der Waals surface area contributed by atoms with Crippen LogP contribution >= 0.6 is 11.8 Å². The van der Waals surface area contributed by atoms with Gasteiger partial charge in [-0.15, -0.1) is 0 Å². The number of nitrogens with one attached hydrogen (secondary N) is 2. The third kappa shape index (κ3) is 8.22. The summed E-state index contributed by atoms with van der Waals surface area (Å²) in [4.78, 5) is 66.9. The van der Waals surface area contributed by atoms with Crippen molar-refractivity contribution in [3.63, 3.8) is 0 Å². The van der Waals surface area contributed by atoms with Crippen molar-refractivity contribution in [1.82, 2.24) is 15.5 Å². The van der Waals surface area contributed by atoms with Crippen LogP contribution in [-0.2, 0) is 19.2 Å². The van der Waals surface area contributed by atoms with Crippen molar-refractivity contribution in [1.29, 1.82) is 0 Å². The number of amides is 3. The van der Waals surface area contributed by atoms with E-state index >= 15 is 0 Å². The van der Waals surface area contributed by atoms with E-state index in [0.29, 0.717) is 24.9 Å². The third-order valence-corrected chi connectivity index (χ3v) is 8.31. The van der Waals surface area contributed by atoms with Crippen molar-refractivity contribution in [3.8, 4) is 0 Å². The van der Waals surface area contributed by atoms with Gasteiger partial charge in [-0.25, -0.2) is 4.79 Å². The van der Waals surface area contributed by atoms with Gasteiger partial charge in [-0.1, -0.05) is 32.0 Å². The number of nitrogens with zero attached hydrogens (tertiary/aromatic N) is 2. The van der Waals surface area contributed by atoms with E-state index in [4.69, 9.17) is 5.73 Å². The van der Waals surface area contributed by atoms with Gasteiger partial charge in [-0.2, -0.15) is 11.8 Å². The number of carbonyl (C=O) groups excluding carboxylic acids is 4. The molecule has 4 atom stereocenters. The van der Waals surface area contributed by atoms with E-state index in [9.17, 15) is 29.1 Å². The molecule has 2 aromatic carbocycles. The van der Waals surface area contributed by atoms with Crippen LogP contribution in [0.2, 0.25) is 0 Å². The Morgan fingerprint density at radius 1 is 1.05 bits per heavy atom. The maximum atomic E-state index is 13.3. The number of ketones is 1. The average Bonchev–Trinajstić information content (AvgIpc) is 3.44. The molecule has 0 aromatic heterocycles. The highest BCUT2D eigenvalue weighted by atomic mass is 32.2. The average molecular weight is 600 g/mol. The molecule has 0 bridgehead atoms. The molecule has 228 valence electrons. The van der Waals surface area contributed by atoms with Crippen LogP contribution in [0.3, 0.4) is 0 Å². The van der Waals surface area contributed by atoms with Crippen LogP contribution in [-0.4, -0.2) is 95.8 Å². The van der Waals surface area contributed by atoms with Gasteiger partial charge in [-0.05, 0) is 54.7 Å². The van der Waals surface area contributed by atoms with Crippen molar-refractivity contribution in [2.24, 2.45) is 11.7 Å². The third-order valence-electron chi connectivity index (χ3n) is 7.28. The summed E-state index contributed by atoms with van der Waals surface area (Å²) in [5.74, 6) is -3.05. The Kier molecular flexibility index (Phi) is 11.3. The van der Waals surface area contributed by atoms with Crippen LogP contribution in [0.5, 0.6) is 0 Å². The molecule has 1 heterocycles. The second-order valence-corrected chi connectivity index (χ2v) is 12.2. The number of likely N-dealkylation sites (tertiary alicyclic amines) is 1. The molecule has 42 heavy (non-hydrogen) atoms. The lowest BCUT2D eigenvalue weighted by atomic mass is 10.0. The number of fused-ring (bicyclic) bond motifs is 1. The van der Waals surface area contributed by atoms with Gasteiger partial charge in [0.15, 0.2) is 5.78 Å². The molecule has 2 aromatic rings. The first-order valence-electron chi connectivity index (χ1n) is 14.0. The number of aliphatic carboxylic acids is 1. The molecule has 12 heteroatoms. The van der Waals surface area contributed by atoms with Crippen molar-refractivity contribution in [2.75, 3.05) is 37.0 Å². The zero-order valence-electron chi connectivity index (χ0n) is 24.8. The Morgan fingerprint density at radius 3 is 2.33 bits per heavy atom. The second kappa shape index (κ2) is 14.5. The summed E-state index contributed by atoms with van der Waals surface area (Å²) in [7, 11) is 3.92. The molecule has 3 rings (SSSR count). The highest BCUT2D eigenvalue weighted by Crippen LogP contribution is 2.24. The minimum atomic E-state index is -1.24. The zero-order chi connectivity index (χ0) is 31.1. The van der Waals surface area contributed by atoms with Gasteiger partial charge in [0, 0.05) is 37.6 Å². The molecule has 3 amide bonds. The molecule has 5 N–H and O–H groups in total. The maximum Gasteiger partial charge on any atom is 0.327 e. The lowest BCUT2D eigenvalue weighted by molar-refractivity contribution is -0.145. The van der Waals surface area contributed by atoms with E-state index in [0.717, 1.165) is 28.2 Å². The van der Waals surface area contributed by atoms with E-state index in [2.05, 4.69) is 10.6 Å². The quantitative estimate of drug-likeness (QED) is 0.252. The Hall–Kier alpha value is -3.64. The number of Topliss-reactive ketones (excluding diaryl/α,β-unsaturated/α-hetero) is 1. The van der Waals surface area contributed by atoms with Crippen molar-refractivity contribution < 1.29 is 29.1 Å². The monoisotopic (exact) mass is 599 g/mol. The predicted octanol–water partition coefficient (Wildman–Crippen LogP) is 1.87. The topological polar surface area (TPSA) is 162 Å². The normalized spacial score (nSPS) is 17.0. The molecular weight excluding hydrogens is 558 g/mol. The summed E-state index contributed by atoms with van der Waals surface area (Å²) >= 11 is 1.12. The van der Waals surface area contributed by atoms with Gasteiger partial charge in [0.05, 0.1) is 11.8 Å². The number of carboxylic acids is 1. The van der Waals surface area contributed by atoms with Crippen molar-refractivity contribution in [3.05, 3.63) is 42.0 Å². The smallest absolute Gasteiger partial charge is 0.327 e. The van der Waals surface area contributed by atoms with Crippen molar-refractivity contribution in [2.45, 2.75) is 57.8 Å². The van der Waals surface area contributed by atoms with Crippen LogP contribution in [0.15, 0.2) is 36.4 Å². The minimum absolute atomic E-state index is 0.0215. The minimum Gasteiger partial charge on any atom is -0.480 e. The lowest BCUT2D eigenvalue weighted by Gasteiger charge is -2.31. The zero-order valence-corrected chi connectivity index (χ0v) is 25.6. The van der Waals surface area contributed by atoms with E-state index in [1.54, 1.807) is 19.9 Å². The fourth-order valence-electron chi connectivity index (χ4n) is 4.76. The summed E-state index contributed by atoms with van der Waals surface area (Å²) in [5.41, 5.74) is 7.22. The van der Waals surface area contributed by atoms with Gasteiger partial charge >= 0.3 is 5.97 Å². The summed E-state index contributed by atoms with van der Waals surface area (Å²) in [6.07, 6.45) is 0.943. The molecule has 11 nitrogen and oxygen atoms in total. The Bertz CT molecular complexity index is 1330. The molecule has 0 radical (unpaired) electrons. The molecule has 1 aliphatic heterocycles. The molecule has 1 fully saturated rings. The van der Waals surface area contributed by atoms with E-state index in [-0.39, 0.29) is 23.2 Å². The summed E-state index contributed by atoms with van der Waals surface area (Å²) in [6.45, 7) is 5.40. The van der Waals surface area contributed by atoms with Gasteiger partial charge in [0.1, 0.15) is 18.1 Å². The van der Waals surface area contributed by atoms with Crippen LogP contribution in [0.1, 0.15) is 44.0 Å². The SMILES string of the molecule is CC(C)[C@H](NC(=O)[C@H](C)N)C(=O)N1CCC[C@H]1C(=O)N[C@@H](CSCC(=O)c1ccc2cc(N(C)C)ccc2c1)C(=O)O. The van der Waals surface area contributed by atoms with Crippen LogP contribution < -0.4 is 21.3 Å². The van der Waals surface area contributed by atoms with E-state index in [1.807, 2.05) is 49.3 Å². The fraction of sp³-hybridized carbons (Fsp3) is 0.500. The number of anilines is 1. The lowest BCUT2D eigenvalue weighted by Crippen LogP contribution is -2.58. The van der Waals surface area contributed by atoms with E-state index in [1.165, 1.54) is 11.8 Å². The summed E-state index contributed by atoms with van der Waals surface area (Å²) in [5, 5.41) is 16.9. The fourth-order valence-corrected chi connectivity index (χ4v) is 5.69. The highest BCUT2D eigenvalue weighted by Gasteiger charge is 2.39. The highest BCUT2D eigenvalue weighted by molar-refractivity contribution is 8.00. The van der Waals surface area contributed by atoms with Gasteiger partial charge in [-0.3, -0.25) is 19.2 Å². The first kappa shape index (κ1) is 32.9. The first-order chi connectivity index (χ1) is 19.8. The van der Waals surface area contributed by atoms with E-state index < -0.39 is 47.9 Å². The predicted molar refractivity (Wildman–Crippen MR) is 165 cm³/mol. The second-order valence-electron chi connectivity index (χ2n) is 11.2. The van der Waals surface area contributed by atoms with Gasteiger partial charge in [0.2, 0.25) is 17.7 Å². The Labute approximate surface area is 250 Å². The maximum absolute atomic E-state index is 13.3. The summed E-state index contributed by atoms with van der Waals surface area (Å²) < 4.78 is 0. The number of rotatable bonds is 13. The molecule has 1 saturated heterocycles. The number of benzene rings is 2. The number of carboxylic acid groups (broad SMARTS) is 1. The molecule has 0 saturated carbocycles. The number of carbonyl (C=O) groups is 5. The molecule has 0 unspecified atom stereocenters.